The molecule has 2 aromatic rings. The molecule has 2 rings (SSSR count). The van der Waals surface area contributed by atoms with E-state index in [4.69, 9.17) is 4.74 Å². The first-order valence-electron chi connectivity index (χ1n) is 7.82. The van der Waals surface area contributed by atoms with Gasteiger partial charge in [0.2, 0.25) is 0 Å². The Kier molecular flexibility index (Phi) is 6.94. The molecule has 0 spiro atoms. The Morgan fingerprint density at radius 1 is 0.955 bits per heavy atom. The minimum Gasteiger partial charge on any atom is -0.489 e. The van der Waals surface area contributed by atoms with Crippen molar-refractivity contribution in [2.45, 2.75) is 32.9 Å². The monoisotopic (exact) mass is 361 g/mol. The molecular formula is C19H24BrNO. The van der Waals surface area contributed by atoms with Crippen molar-refractivity contribution in [3.63, 3.8) is 0 Å². The van der Waals surface area contributed by atoms with Crippen LogP contribution < -0.4 is 4.74 Å². The maximum Gasteiger partial charge on any atom is 0.119 e. The molecule has 22 heavy (non-hydrogen) atoms. The molecule has 2 nitrogen and oxygen atoms in total. The number of nitrogens with zero attached hydrogens (tertiary/aromatic N) is 1. The van der Waals surface area contributed by atoms with Crippen molar-refractivity contribution >= 4 is 15.9 Å². The van der Waals surface area contributed by atoms with E-state index in [1.54, 1.807) is 0 Å². The number of ether oxygens (including phenoxy) is 1. The zero-order chi connectivity index (χ0) is 15.8. The van der Waals surface area contributed by atoms with Crippen LogP contribution in [0.5, 0.6) is 5.75 Å². The van der Waals surface area contributed by atoms with Gasteiger partial charge in [-0.2, -0.15) is 0 Å². The molecule has 0 N–H and O–H groups in total. The summed E-state index contributed by atoms with van der Waals surface area (Å²) in [7, 11) is 2.17. The van der Waals surface area contributed by atoms with Gasteiger partial charge in [0.05, 0.1) is 0 Å². The zero-order valence-corrected chi connectivity index (χ0v) is 15.0. The standard InChI is InChI=1S/C19H24BrNO/c1-3-4-13-21(2)14-16-7-11-19(12-8-16)22-15-17-5-9-18(20)10-6-17/h5-12H,3-4,13-15H2,1-2H3. The largest absolute Gasteiger partial charge is 0.489 e. The average molecular weight is 362 g/mol. The normalized spacial score (nSPS) is 10.9. The summed E-state index contributed by atoms with van der Waals surface area (Å²) in [6, 6.07) is 16.6. The molecule has 0 bridgehead atoms. The van der Waals surface area contributed by atoms with E-state index in [1.807, 2.05) is 12.1 Å². The summed E-state index contributed by atoms with van der Waals surface area (Å²) in [5.74, 6) is 0.919. The quantitative estimate of drug-likeness (QED) is 0.635. The van der Waals surface area contributed by atoms with Crippen LogP contribution in [0.1, 0.15) is 30.9 Å². The van der Waals surface area contributed by atoms with E-state index in [9.17, 15) is 0 Å². The number of hydrogen-bond donors (Lipinski definition) is 0. The van der Waals surface area contributed by atoms with Crippen LogP contribution in [-0.4, -0.2) is 18.5 Å². The van der Waals surface area contributed by atoms with Gasteiger partial charge >= 0.3 is 0 Å². The molecule has 0 heterocycles. The Balaban J connectivity index is 1.82. The van der Waals surface area contributed by atoms with Gasteiger partial charge in [0.1, 0.15) is 12.4 Å². The van der Waals surface area contributed by atoms with Crippen molar-refractivity contribution < 1.29 is 4.74 Å². The zero-order valence-electron chi connectivity index (χ0n) is 13.4. The van der Waals surface area contributed by atoms with Crippen LogP contribution in [0.25, 0.3) is 0 Å². The molecule has 0 aromatic heterocycles. The summed E-state index contributed by atoms with van der Waals surface area (Å²) >= 11 is 3.44. The highest BCUT2D eigenvalue weighted by Gasteiger charge is 2.01. The fraction of sp³-hybridized carbons (Fsp3) is 0.368. The Hall–Kier alpha value is -1.32. The van der Waals surface area contributed by atoms with Gasteiger partial charge in [0.15, 0.2) is 0 Å². The van der Waals surface area contributed by atoms with Crippen LogP contribution in [-0.2, 0) is 13.2 Å². The summed E-state index contributed by atoms with van der Waals surface area (Å²) < 4.78 is 6.92. The third-order valence-electron chi connectivity index (χ3n) is 3.59. The first-order valence-corrected chi connectivity index (χ1v) is 8.61. The van der Waals surface area contributed by atoms with Crippen LogP contribution in [0.15, 0.2) is 53.0 Å². The molecule has 0 amide bonds. The van der Waals surface area contributed by atoms with Crippen molar-refractivity contribution in [2.24, 2.45) is 0 Å². The lowest BCUT2D eigenvalue weighted by Crippen LogP contribution is -2.18. The van der Waals surface area contributed by atoms with E-state index < -0.39 is 0 Å². The first kappa shape index (κ1) is 17.0. The lowest BCUT2D eigenvalue weighted by atomic mass is 10.2. The average Bonchev–Trinajstić information content (AvgIpc) is 2.54. The summed E-state index contributed by atoms with van der Waals surface area (Å²) in [5.41, 5.74) is 2.50. The van der Waals surface area contributed by atoms with Crippen molar-refractivity contribution in [3.8, 4) is 5.75 Å². The molecule has 0 atom stereocenters. The number of rotatable bonds is 8. The molecule has 0 radical (unpaired) electrons. The van der Waals surface area contributed by atoms with E-state index in [1.165, 1.54) is 24.0 Å². The van der Waals surface area contributed by atoms with Gasteiger partial charge in [-0.25, -0.2) is 0 Å². The lowest BCUT2D eigenvalue weighted by Gasteiger charge is -2.16. The highest BCUT2D eigenvalue weighted by molar-refractivity contribution is 9.10. The van der Waals surface area contributed by atoms with Gasteiger partial charge in [0.25, 0.3) is 0 Å². The second-order valence-electron chi connectivity index (χ2n) is 5.65. The van der Waals surface area contributed by atoms with Crippen LogP contribution in [0.2, 0.25) is 0 Å². The van der Waals surface area contributed by atoms with Gasteiger partial charge in [-0.15, -0.1) is 0 Å². The number of hydrogen-bond acceptors (Lipinski definition) is 2. The highest BCUT2D eigenvalue weighted by Crippen LogP contribution is 2.16. The molecular weight excluding hydrogens is 338 g/mol. The molecule has 0 aliphatic heterocycles. The van der Waals surface area contributed by atoms with Crippen LogP contribution in [0.4, 0.5) is 0 Å². The number of benzene rings is 2. The molecule has 0 saturated heterocycles. The summed E-state index contributed by atoms with van der Waals surface area (Å²) in [6.45, 7) is 4.97. The van der Waals surface area contributed by atoms with Crippen molar-refractivity contribution in [1.29, 1.82) is 0 Å². The molecule has 0 saturated carbocycles. The second kappa shape index (κ2) is 8.96. The van der Waals surface area contributed by atoms with Crippen molar-refractivity contribution in [1.82, 2.24) is 4.90 Å². The van der Waals surface area contributed by atoms with Crippen molar-refractivity contribution in [3.05, 3.63) is 64.1 Å². The van der Waals surface area contributed by atoms with Crippen LogP contribution in [0, 0.1) is 0 Å². The predicted molar refractivity (Wildman–Crippen MR) is 96.2 cm³/mol. The maximum atomic E-state index is 5.83. The van der Waals surface area contributed by atoms with E-state index in [-0.39, 0.29) is 0 Å². The Morgan fingerprint density at radius 3 is 2.23 bits per heavy atom. The van der Waals surface area contributed by atoms with E-state index in [2.05, 4.69) is 71.2 Å². The van der Waals surface area contributed by atoms with E-state index >= 15 is 0 Å². The topological polar surface area (TPSA) is 12.5 Å². The first-order chi connectivity index (χ1) is 10.7. The third kappa shape index (κ3) is 5.82. The summed E-state index contributed by atoms with van der Waals surface area (Å²) in [4.78, 5) is 2.36. The van der Waals surface area contributed by atoms with Gasteiger partial charge in [-0.3, -0.25) is 0 Å². The SMILES string of the molecule is CCCCN(C)Cc1ccc(OCc2ccc(Br)cc2)cc1. The van der Waals surface area contributed by atoms with Crippen LogP contribution >= 0.6 is 15.9 Å². The Morgan fingerprint density at radius 2 is 1.59 bits per heavy atom. The number of unbranched alkanes of at least 4 members (excludes halogenated alkanes) is 1. The van der Waals surface area contributed by atoms with Gasteiger partial charge in [0, 0.05) is 11.0 Å². The molecule has 3 heteroatoms. The maximum absolute atomic E-state index is 5.83. The van der Waals surface area contributed by atoms with Crippen LogP contribution in [0.3, 0.4) is 0 Å². The molecule has 0 unspecified atom stereocenters. The predicted octanol–water partition coefficient (Wildman–Crippen LogP) is 5.26. The van der Waals surface area contributed by atoms with E-state index in [0.717, 1.165) is 23.3 Å². The Bertz CT molecular complexity index is 551. The fourth-order valence-corrected chi connectivity index (χ4v) is 2.52. The third-order valence-corrected chi connectivity index (χ3v) is 4.12. The summed E-state index contributed by atoms with van der Waals surface area (Å²) in [5, 5.41) is 0. The van der Waals surface area contributed by atoms with Gasteiger partial charge in [-0.1, -0.05) is 53.5 Å². The molecule has 0 fully saturated rings. The number of halogens is 1. The summed E-state index contributed by atoms with van der Waals surface area (Å²) in [6.07, 6.45) is 2.50. The van der Waals surface area contributed by atoms with Gasteiger partial charge in [-0.05, 0) is 55.4 Å². The fourth-order valence-electron chi connectivity index (χ4n) is 2.26. The minimum atomic E-state index is 0.600. The van der Waals surface area contributed by atoms with Crippen molar-refractivity contribution in [2.75, 3.05) is 13.6 Å². The minimum absolute atomic E-state index is 0.600. The molecule has 0 aliphatic rings. The molecule has 2 aromatic carbocycles. The molecule has 118 valence electrons. The molecule has 0 aliphatic carbocycles. The highest BCUT2D eigenvalue weighted by atomic mass is 79.9. The lowest BCUT2D eigenvalue weighted by molar-refractivity contribution is 0.304. The second-order valence-corrected chi connectivity index (χ2v) is 6.57. The Labute approximate surface area is 142 Å². The smallest absolute Gasteiger partial charge is 0.119 e. The van der Waals surface area contributed by atoms with Gasteiger partial charge < -0.3 is 9.64 Å². The van der Waals surface area contributed by atoms with E-state index in [0.29, 0.717) is 6.61 Å².